The second-order valence-electron chi connectivity index (χ2n) is 3.35. The van der Waals surface area contributed by atoms with Crippen LogP contribution in [0.3, 0.4) is 0 Å². The number of carboxylic acids is 1. The highest BCUT2D eigenvalue weighted by Gasteiger charge is 2.10. The van der Waals surface area contributed by atoms with Gasteiger partial charge in [0, 0.05) is 12.6 Å². The van der Waals surface area contributed by atoms with Crippen molar-refractivity contribution in [1.82, 2.24) is 9.55 Å². The maximum Gasteiger partial charge on any atom is 0.305 e. The van der Waals surface area contributed by atoms with Crippen LogP contribution in [0.25, 0.3) is 11.0 Å². The number of carboxylic acid groups (broad SMARTS) is 1. The van der Waals surface area contributed by atoms with Crippen LogP contribution in [0.1, 0.15) is 6.42 Å². The monoisotopic (exact) mass is 240 g/mol. The highest BCUT2D eigenvalue weighted by molar-refractivity contribution is 6.29. The number of aryl methyl sites for hydroxylation is 1. The molecular weight excluding hydrogens is 232 g/mol. The van der Waals surface area contributed by atoms with Crippen molar-refractivity contribution in [3.63, 3.8) is 0 Å². The maximum atomic E-state index is 10.5. The lowest BCUT2D eigenvalue weighted by atomic mass is 10.3. The zero-order valence-electron chi connectivity index (χ0n) is 8.22. The first-order chi connectivity index (χ1) is 7.58. The van der Waals surface area contributed by atoms with Crippen LogP contribution in [-0.4, -0.2) is 25.7 Å². The number of rotatable bonds is 3. The molecule has 1 heterocycles. The van der Waals surface area contributed by atoms with Crippen molar-refractivity contribution in [2.75, 3.05) is 0 Å². The Hall–Kier alpha value is -1.75. The van der Waals surface area contributed by atoms with Gasteiger partial charge in [0.1, 0.15) is 5.75 Å². The molecule has 2 N–H and O–H groups in total. The van der Waals surface area contributed by atoms with Gasteiger partial charge in [-0.25, -0.2) is 4.98 Å². The van der Waals surface area contributed by atoms with Gasteiger partial charge in [0.05, 0.1) is 17.5 Å². The van der Waals surface area contributed by atoms with Crippen molar-refractivity contribution >= 4 is 28.6 Å². The van der Waals surface area contributed by atoms with Crippen LogP contribution in [0.5, 0.6) is 5.75 Å². The van der Waals surface area contributed by atoms with Crippen molar-refractivity contribution in [3.8, 4) is 5.75 Å². The summed E-state index contributed by atoms with van der Waals surface area (Å²) in [5.74, 6) is -0.807. The fourth-order valence-corrected chi connectivity index (χ4v) is 1.77. The minimum atomic E-state index is -0.905. The third-order valence-electron chi connectivity index (χ3n) is 2.23. The third-order valence-corrected chi connectivity index (χ3v) is 2.52. The molecule has 6 heteroatoms. The molecule has 0 radical (unpaired) electrons. The number of halogens is 1. The fraction of sp³-hybridized carbons (Fsp3) is 0.200. The molecule has 2 aromatic rings. The minimum Gasteiger partial charge on any atom is -0.508 e. The van der Waals surface area contributed by atoms with E-state index in [0.29, 0.717) is 11.0 Å². The molecule has 0 atom stereocenters. The van der Waals surface area contributed by atoms with Gasteiger partial charge in [-0.2, -0.15) is 0 Å². The van der Waals surface area contributed by atoms with Crippen LogP contribution in [-0.2, 0) is 11.3 Å². The number of phenolic OH excluding ortho intramolecular Hbond substituents is 1. The summed E-state index contributed by atoms with van der Waals surface area (Å²) in [6, 6.07) is 4.65. The van der Waals surface area contributed by atoms with Gasteiger partial charge in [-0.05, 0) is 23.7 Å². The molecular formula is C10H9ClN2O3. The second kappa shape index (κ2) is 4.02. The molecule has 0 amide bonds. The summed E-state index contributed by atoms with van der Waals surface area (Å²) in [7, 11) is 0. The molecule has 0 aliphatic rings. The zero-order valence-corrected chi connectivity index (χ0v) is 8.98. The molecule has 1 aromatic carbocycles. The first-order valence-electron chi connectivity index (χ1n) is 4.64. The summed E-state index contributed by atoms with van der Waals surface area (Å²) >= 11 is 5.88. The number of fused-ring (bicyclic) bond motifs is 1. The summed E-state index contributed by atoms with van der Waals surface area (Å²) in [6.45, 7) is 0.230. The second-order valence-corrected chi connectivity index (χ2v) is 3.69. The lowest BCUT2D eigenvalue weighted by Gasteiger charge is -2.03. The van der Waals surface area contributed by atoms with Crippen molar-refractivity contribution in [2.45, 2.75) is 13.0 Å². The molecule has 0 spiro atoms. The van der Waals surface area contributed by atoms with E-state index in [-0.39, 0.29) is 24.0 Å². The Balaban J connectivity index is 2.45. The molecule has 2 rings (SSSR count). The predicted octanol–water partition coefficient (Wildman–Crippen LogP) is 1.87. The van der Waals surface area contributed by atoms with E-state index in [4.69, 9.17) is 16.7 Å². The number of hydrogen-bond acceptors (Lipinski definition) is 3. The summed E-state index contributed by atoms with van der Waals surface area (Å²) in [5, 5.41) is 18.2. The van der Waals surface area contributed by atoms with Gasteiger partial charge >= 0.3 is 5.97 Å². The largest absolute Gasteiger partial charge is 0.508 e. The topological polar surface area (TPSA) is 75.3 Å². The van der Waals surface area contributed by atoms with Gasteiger partial charge in [-0.15, -0.1) is 0 Å². The van der Waals surface area contributed by atoms with Gasteiger partial charge in [-0.3, -0.25) is 4.79 Å². The van der Waals surface area contributed by atoms with Crippen LogP contribution in [0.15, 0.2) is 18.2 Å². The predicted molar refractivity (Wildman–Crippen MR) is 58.7 cm³/mol. The van der Waals surface area contributed by atoms with Crippen molar-refractivity contribution in [1.29, 1.82) is 0 Å². The number of nitrogens with zero attached hydrogens (tertiary/aromatic N) is 2. The first kappa shape index (κ1) is 10.8. The summed E-state index contributed by atoms with van der Waals surface area (Å²) in [6.07, 6.45) is -0.0408. The Morgan fingerprint density at radius 1 is 1.50 bits per heavy atom. The molecule has 84 valence electrons. The molecule has 0 aliphatic carbocycles. The van der Waals surface area contributed by atoms with E-state index in [9.17, 15) is 9.90 Å². The smallest absolute Gasteiger partial charge is 0.305 e. The van der Waals surface area contributed by atoms with Gasteiger partial charge in [0.2, 0.25) is 5.28 Å². The molecule has 0 aliphatic heterocycles. The average Bonchev–Trinajstić information content (AvgIpc) is 2.51. The van der Waals surface area contributed by atoms with E-state index >= 15 is 0 Å². The molecule has 1 aromatic heterocycles. The van der Waals surface area contributed by atoms with Gasteiger partial charge in [0.15, 0.2) is 0 Å². The summed E-state index contributed by atoms with van der Waals surface area (Å²) < 4.78 is 1.56. The highest BCUT2D eigenvalue weighted by atomic mass is 35.5. The SMILES string of the molecule is O=C(O)CCn1c(Cl)nc2ccc(O)cc21. The Bertz CT molecular complexity index is 550. The number of carbonyl (C=O) groups is 1. The van der Waals surface area contributed by atoms with Crippen LogP contribution in [0.2, 0.25) is 5.28 Å². The molecule has 5 nitrogen and oxygen atoms in total. The highest BCUT2D eigenvalue weighted by Crippen LogP contribution is 2.23. The number of imidazole rings is 1. The number of aliphatic carboxylic acids is 1. The molecule has 16 heavy (non-hydrogen) atoms. The number of phenols is 1. The number of hydrogen-bond donors (Lipinski definition) is 2. The lowest BCUT2D eigenvalue weighted by Crippen LogP contribution is -2.04. The number of aromatic hydroxyl groups is 1. The third kappa shape index (κ3) is 1.94. The van der Waals surface area contributed by atoms with Crippen LogP contribution < -0.4 is 0 Å². The molecule has 0 saturated carbocycles. The standard InChI is InChI=1S/C10H9ClN2O3/c11-10-12-7-2-1-6(14)5-8(7)13(10)4-3-9(15)16/h1-2,5,14H,3-4H2,(H,15,16). The van der Waals surface area contributed by atoms with E-state index in [1.807, 2.05) is 0 Å². The van der Waals surface area contributed by atoms with E-state index < -0.39 is 5.97 Å². The van der Waals surface area contributed by atoms with Gasteiger partial charge in [0.25, 0.3) is 0 Å². The molecule has 0 bridgehead atoms. The summed E-state index contributed by atoms with van der Waals surface area (Å²) in [5.41, 5.74) is 1.26. The van der Waals surface area contributed by atoms with E-state index in [2.05, 4.69) is 4.98 Å². The lowest BCUT2D eigenvalue weighted by molar-refractivity contribution is -0.137. The van der Waals surface area contributed by atoms with Crippen LogP contribution in [0, 0.1) is 0 Å². The number of aromatic nitrogens is 2. The van der Waals surface area contributed by atoms with Crippen LogP contribution >= 0.6 is 11.6 Å². The fourth-order valence-electron chi connectivity index (χ4n) is 1.50. The molecule has 0 unspecified atom stereocenters. The Morgan fingerprint density at radius 3 is 2.94 bits per heavy atom. The summed E-state index contributed by atoms with van der Waals surface area (Å²) in [4.78, 5) is 14.5. The van der Waals surface area contributed by atoms with Crippen LogP contribution in [0.4, 0.5) is 0 Å². The van der Waals surface area contributed by atoms with E-state index in [1.165, 1.54) is 12.1 Å². The number of benzene rings is 1. The normalized spacial score (nSPS) is 10.8. The Morgan fingerprint density at radius 2 is 2.25 bits per heavy atom. The van der Waals surface area contributed by atoms with Gasteiger partial charge < -0.3 is 14.8 Å². The zero-order chi connectivity index (χ0) is 11.7. The van der Waals surface area contributed by atoms with E-state index in [0.717, 1.165) is 0 Å². The molecule has 0 saturated heterocycles. The van der Waals surface area contributed by atoms with Gasteiger partial charge in [-0.1, -0.05) is 0 Å². The van der Waals surface area contributed by atoms with Crippen molar-refractivity contribution in [2.24, 2.45) is 0 Å². The van der Waals surface area contributed by atoms with Crippen molar-refractivity contribution < 1.29 is 15.0 Å². The Kier molecular flexibility index (Phi) is 2.70. The molecule has 0 fully saturated rings. The maximum absolute atomic E-state index is 10.5. The minimum absolute atomic E-state index is 0.0408. The van der Waals surface area contributed by atoms with Crippen molar-refractivity contribution in [3.05, 3.63) is 23.5 Å². The average molecular weight is 241 g/mol. The quantitative estimate of drug-likeness (QED) is 0.859. The first-order valence-corrected chi connectivity index (χ1v) is 5.02. The van der Waals surface area contributed by atoms with E-state index in [1.54, 1.807) is 10.6 Å². The Labute approximate surface area is 95.9 Å².